The molecule has 2 rings (SSSR count). The van der Waals surface area contributed by atoms with E-state index in [1.165, 1.54) is 12.0 Å². The Kier molecular flexibility index (Phi) is 4.99. The van der Waals surface area contributed by atoms with Crippen LogP contribution in [-0.2, 0) is 11.2 Å². The average Bonchev–Trinajstić information content (AvgIpc) is 2.86. The van der Waals surface area contributed by atoms with Crippen molar-refractivity contribution < 1.29 is 4.79 Å². The van der Waals surface area contributed by atoms with Crippen molar-refractivity contribution in [2.75, 3.05) is 26.7 Å². The van der Waals surface area contributed by atoms with E-state index in [0.717, 1.165) is 29.7 Å². The lowest BCUT2D eigenvalue weighted by Crippen LogP contribution is -2.33. The summed E-state index contributed by atoms with van der Waals surface area (Å²) in [5, 5.41) is 3.34. The number of rotatable bonds is 4. The van der Waals surface area contributed by atoms with Crippen LogP contribution >= 0.6 is 15.9 Å². The summed E-state index contributed by atoms with van der Waals surface area (Å²) in [7, 11) is 1.91. The van der Waals surface area contributed by atoms with Crippen LogP contribution in [0.5, 0.6) is 0 Å². The molecule has 3 nitrogen and oxygen atoms in total. The average molecular weight is 325 g/mol. The minimum Gasteiger partial charge on any atom is -0.345 e. The lowest BCUT2D eigenvalue weighted by atomic mass is 10.0. The Balaban J connectivity index is 1.93. The molecular formula is C15H21BrN2O. The van der Waals surface area contributed by atoms with E-state index in [0.29, 0.717) is 12.3 Å². The van der Waals surface area contributed by atoms with Crippen molar-refractivity contribution >= 4 is 21.8 Å². The fourth-order valence-corrected chi connectivity index (χ4v) is 2.90. The molecule has 104 valence electrons. The van der Waals surface area contributed by atoms with Gasteiger partial charge in [0.1, 0.15) is 0 Å². The van der Waals surface area contributed by atoms with Gasteiger partial charge < -0.3 is 10.2 Å². The first-order valence-corrected chi connectivity index (χ1v) is 7.55. The van der Waals surface area contributed by atoms with Gasteiger partial charge >= 0.3 is 0 Å². The van der Waals surface area contributed by atoms with Crippen LogP contribution in [0, 0.1) is 12.8 Å². The molecule has 0 radical (unpaired) electrons. The summed E-state index contributed by atoms with van der Waals surface area (Å²) in [6.07, 6.45) is 1.66. The first-order valence-electron chi connectivity index (χ1n) is 6.76. The number of amides is 1. The van der Waals surface area contributed by atoms with E-state index >= 15 is 0 Å². The highest BCUT2D eigenvalue weighted by atomic mass is 79.9. The largest absolute Gasteiger partial charge is 0.345 e. The summed E-state index contributed by atoms with van der Waals surface area (Å²) >= 11 is 3.46. The van der Waals surface area contributed by atoms with Gasteiger partial charge in [0.05, 0.1) is 6.42 Å². The van der Waals surface area contributed by atoms with Crippen molar-refractivity contribution in [2.24, 2.45) is 5.92 Å². The molecule has 1 aliphatic rings. The van der Waals surface area contributed by atoms with Gasteiger partial charge in [-0.05, 0) is 55.6 Å². The number of carbonyl (C=O) groups excluding carboxylic acids is 1. The van der Waals surface area contributed by atoms with Crippen molar-refractivity contribution in [3.8, 4) is 0 Å². The zero-order valence-electron chi connectivity index (χ0n) is 11.6. The van der Waals surface area contributed by atoms with Gasteiger partial charge in [0.25, 0.3) is 0 Å². The van der Waals surface area contributed by atoms with E-state index in [1.807, 2.05) is 30.1 Å². The van der Waals surface area contributed by atoms with Crippen LogP contribution in [0.3, 0.4) is 0 Å². The molecular weight excluding hydrogens is 304 g/mol. The Hall–Kier alpha value is -0.870. The maximum atomic E-state index is 12.3. The Bertz CT molecular complexity index is 455. The normalized spacial score (nSPS) is 18.6. The zero-order valence-corrected chi connectivity index (χ0v) is 13.2. The smallest absolute Gasteiger partial charge is 0.226 e. The number of hydrogen-bond donors (Lipinski definition) is 1. The van der Waals surface area contributed by atoms with Crippen molar-refractivity contribution in [2.45, 2.75) is 19.8 Å². The molecule has 1 fully saturated rings. The van der Waals surface area contributed by atoms with E-state index in [-0.39, 0.29) is 5.91 Å². The molecule has 1 aliphatic heterocycles. The highest BCUT2D eigenvalue weighted by Crippen LogP contribution is 2.17. The Morgan fingerprint density at radius 1 is 1.53 bits per heavy atom. The third kappa shape index (κ3) is 4.05. The van der Waals surface area contributed by atoms with E-state index in [9.17, 15) is 4.79 Å². The van der Waals surface area contributed by atoms with Gasteiger partial charge in [-0.1, -0.05) is 22.0 Å². The number of halogens is 1. The molecule has 1 amide bonds. The molecule has 0 bridgehead atoms. The fraction of sp³-hybridized carbons (Fsp3) is 0.533. The topological polar surface area (TPSA) is 32.3 Å². The number of aryl methyl sites for hydroxylation is 1. The summed E-state index contributed by atoms with van der Waals surface area (Å²) < 4.78 is 1.03. The summed E-state index contributed by atoms with van der Waals surface area (Å²) in [6, 6.07) is 6.10. The van der Waals surface area contributed by atoms with E-state index in [4.69, 9.17) is 0 Å². The van der Waals surface area contributed by atoms with Gasteiger partial charge in [-0.3, -0.25) is 4.79 Å². The van der Waals surface area contributed by atoms with E-state index in [2.05, 4.69) is 28.2 Å². The second-order valence-electron chi connectivity index (χ2n) is 5.38. The molecule has 1 saturated heterocycles. The first kappa shape index (κ1) is 14.5. The third-order valence-corrected chi connectivity index (χ3v) is 4.27. The highest BCUT2D eigenvalue weighted by Gasteiger charge is 2.19. The van der Waals surface area contributed by atoms with Gasteiger partial charge in [0.15, 0.2) is 0 Å². The Morgan fingerprint density at radius 2 is 2.32 bits per heavy atom. The lowest BCUT2D eigenvalue weighted by Gasteiger charge is -2.21. The number of hydrogen-bond acceptors (Lipinski definition) is 2. The van der Waals surface area contributed by atoms with Crippen molar-refractivity contribution in [1.82, 2.24) is 10.2 Å². The highest BCUT2D eigenvalue weighted by molar-refractivity contribution is 9.10. The van der Waals surface area contributed by atoms with Crippen LogP contribution in [0.1, 0.15) is 17.5 Å². The van der Waals surface area contributed by atoms with Crippen LogP contribution in [0.25, 0.3) is 0 Å². The van der Waals surface area contributed by atoms with Crippen molar-refractivity contribution in [3.05, 3.63) is 33.8 Å². The summed E-state index contributed by atoms with van der Waals surface area (Å²) in [5.74, 6) is 0.811. The number of nitrogens with one attached hydrogen (secondary N) is 1. The van der Waals surface area contributed by atoms with Gasteiger partial charge in [-0.15, -0.1) is 0 Å². The lowest BCUT2D eigenvalue weighted by molar-refractivity contribution is -0.129. The second kappa shape index (κ2) is 6.53. The fourth-order valence-electron chi connectivity index (χ4n) is 2.49. The molecule has 0 aromatic heterocycles. The number of nitrogens with zero attached hydrogens (tertiary/aromatic N) is 1. The molecule has 19 heavy (non-hydrogen) atoms. The first-order chi connectivity index (χ1) is 9.06. The Labute approximate surface area is 123 Å². The maximum absolute atomic E-state index is 12.3. The molecule has 4 heteroatoms. The van der Waals surface area contributed by atoms with Crippen LogP contribution < -0.4 is 5.32 Å². The predicted octanol–water partition coefficient (Wildman–Crippen LogP) is 2.37. The molecule has 0 aliphatic carbocycles. The van der Waals surface area contributed by atoms with Gasteiger partial charge in [0, 0.05) is 18.1 Å². The van der Waals surface area contributed by atoms with Gasteiger partial charge in [0.2, 0.25) is 5.91 Å². The Morgan fingerprint density at radius 3 is 3.00 bits per heavy atom. The van der Waals surface area contributed by atoms with E-state index < -0.39 is 0 Å². The van der Waals surface area contributed by atoms with Crippen LogP contribution in [0.4, 0.5) is 0 Å². The monoisotopic (exact) mass is 324 g/mol. The minimum atomic E-state index is 0.202. The van der Waals surface area contributed by atoms with Crippen LogP contribution in [0.2, 0.25) is 0 Å². The molecule has 1 aromatic carbocycles. The summed E-state index contributed by atoms with van der Waals surface area (Å²) in [5.41, 5.74) is 2.28. The predicted molar refractivity (Wildman–Crippen MR) is 81.2 cm³/mol. The van der Waals surface area contributed by atoms with Crippen molar-refractivity contribution in [1.29, 1.82) is 0 Å². The third-order valence-electron chi connectivity index (χ3n) is 3.77. The van der Waals surface area contributed by atoms with Crippen LogP contribution in [-0.4, -0.2) is 37.5 Å². The van der Waals surface area contributed by atoms with Crippen LogP contribution in [0.15, 0.2) is 22.7 Å². The number of benzene rings is 1. The molecule has 1 unspecified atom stereocenters. The molecule has 1 heterocycles. The number of carbonyl (C=O) groups is 1. The molecule has 1 atom stereocenters. The molecule has 0 saturated carbocycles. The van der Waals surface area contributed by atoms with E-state index in [1.54, 1.807) is 0 Å². The zero-order chi connectivity index (χ0) is 13.8. The second-order valence-corrected chi connectivity index (χ2v) is 6.30. The van der Waals surface area contributed by atoms with Gasteiger partial charge in [-0.2, -0.15) is 0 Å². The molecule has 0 spiro atoms. The summed E-state index contributed by atoms with van der Waals surface area (Å²) in [6.45, 7) is 5.03. The minimum absolute atomic E-state index is 0.202. The summed E-state index contributed by atoms with van der Waals surface area (Å²) in [4.78, 5) is 14.1. The molecule has 1 aromatic rings. The molecule has 1 N–H and O–H groups in total. The SMILES string of the molecule is Cc1ccc(Br)cc1CC(=O)N(C)CC1CCNC1. The van der Waals surface area contributed by atoms with Crippen molar-refractivity contribution in [3.63, 3.8) is 0 Å². The quantitative estimate of drug-likeness (QED) is 0.922. The maximum Gasteiger partial charge on any atom is 0.226 e. The standard InChI is InChI=1S/C15H21BrN2O/c1-11-3-4-14(16)7-13(11)8-15(19)18(2)10-12-5-6-17-9-12/h3-4,7,12,17H,5-6,8-10H2,1-2H3. The van der Waals surface area contributed by atoms with Gasteiger partial charge in [-0.25, -0.2) is 0 Å². The number of likely N-dealkylation sites (N-methyl/N-ethyl adjacent to an activating group) is 1.